The first-order chi connectivity index (χ1) is 16.5. The van der Waals surface area contributed by atoms with Gasteiger partial charge in [0.05, 0.1) is 11.7 Å². The van der Waals surface area contributed by atoms with Gasteiger partial charge in [-0.1, -0.05) is 54.6 Å². The summed E-state index contributed by atoms with van der Waals surface area (Å²) >= 11 is 0. The first kappa shape index (κ1) is 24.9. The van der Waals surface area contributed by atoms with Crippen LogP contribution in [0, 0.1) is 5.92 Å². The monoisotopic (exact) mass is 483 g/mol. The van der Waals surface area contributed by atoms with Gasteiger partial charge in [-0.2, -0.15) is 0 Å². The van der Waals surface area contributed by atoms with Gasteiger partial charge in [0.2, 0.25) is 15.9 Å². The van der Waals surface area contributed by atoms with E-state index >= 15 is 0 Å². The molecule has 0 spiro atoms. The molecule has 4 rings (SSSR count). The fourth-order valence-electron chi connectivity index (χ4n) is 5.03. The number of likely N-dealkylation sites (tertiary alicyclic amines) is 1. The largest absolute Gasteiger partial charge is 0.352 e. The number of rotatable bonds is 10. The van der Waals surface area contributed by atoms with Crippen molar-refractivity contribution in [3.63, 3.8) is 0 Å². The van der Waals surface area contributed by atoms with E-state index in [1.165, 1.54) is 22.7 Å². The first-order valence-electron chi connectivity index (χ1n) is 12.6. The maximum Gasteiger partial charge on any atom is 0.224 e. The Morgan fingerprint density at radius 1 is 0.912 bits per heavy atom. The normalized spacial score (nSPS) is 19.8. The van der Waals surface area contributed by atoms with Crippen LogP contribution in [0.4, 0.5) is 0 Å². The third-order valence-corrected chi connectivity index (χ3v) is 8.95. The molecule has 2 fully saturated rings. The van der Waals surface area contributed by atoms with Crippen LogP contribution in [-0.4, -0.2) is 55.5 Å². The molecule has 0 saturated carbocycles. The quantitative estimate of drug-likeness (QED) is 0.561. The lowest BCUT2D eigenvalue weighted by atomic mass is 9.98. The van der Waals surface area contributed by atoms with Crippen LogP contribution in [0.5, 0.6) is 0 Å². The van der Waals surface area contributed by atoms with E-state index in [0.717, 1.165) is 50.0 Å². The molecule has 7 heteroatoms. The Bertz CT molecular complexity index is 1040. The predicted molar refractivity (Wildman–Crippen MR) is 136 cm³/mol. The molecule has 2 aliphatic heterocycles. The predicted octanol–water partition coefficient (Wildman–Crippen LogP) is 3.57. The molecule has 2 aromatic carbocycles. The Kier molecular flexibility index (Phi) is 8.75. The van der Waals surface area contributed by atoms with Crippen molar-refractivity contribution in [1.82, 2.24) is 14.5 Å². The van der Waals surface area contributed by atoms with Gasteiger partial charge >= 0.3 is 0 Å². The Balaban J connectivity index is 1.28. The fourth-order valence-corrected chi connectivity index (χ4v) is 6.62. The number of benzene rings is 2. The number of nitrogens with one attached hydrogen (secondary N) is 1. The maximum absolute atomic E-state index is 13.0. The zero-order valence-corrected chi connectivity index (χ0v) is 20.8. The van der Waals surface area contributed by atoms with E-state index < -0.39 is 10.0 Å². The summed E-state index contributed by atoms with van der Waals surface area (Å²) < 4.78 is 27.4. The molecule has 1 amide bonds. The second-order valence-electron chi connectivity index (χ2n) is 9.57. The Morgan fingerprint density at radius 3 is 2.38 bits per heavy atom. The molecule has 2 heterocycles. The summed E-state index contributed by atoms with van der Waals surface area (Å²) in [7, 11) is -3.36. The molecule has 0 bridgehead atoms. The van der Waals surface area contributed by atoms with Crippen molar-refractivity contribution in [2.75, 3.05) is 31.9 Å². The van der Waals surface area contributed by atoms with Crippen LogP contribution in [0.15, 0.2) is 54.6 Å². The highest BCUT2D eigenvalue weighted by atomic mass is 32.2. The highest BCUT2D eigenvalue weighted by molar-refractivity contribution is 7.89. The van der Waals surface area contributed by atoms with Crippen LogP contribution in [0.2, 0.25) is 0 Å². The summed E-state index contributed by atoms with van der Waals surface area (Å²) in [5, 5.41) is 3.09. The van der Waals surface area contributed by atoms with E-state index in [9.17, 15) is 13.2 Å². The molecule has 0 radical (unpaired) electrons. The van der Waals surface area contributed by atoms with Crippen molar-refractivity contribution in [3.8, 4) is 0 Å². The number of carbonyl (C=O) groups excluding carboxylic acids is 1. The molecule has 6 nitrogen and oxygen atoms in total. The van der Waals surface area contributed by atoms with Crippen molar-refractivity contribution in [1.29, 1.82) is 0 Å². The number of hydrogen-bond acceptors (Lipinski definition) is 4. The van der Waals surface area contributed by atoms with Crippen LogP contribution in [0.3, 0.4) is 0 Å². The third kappa shape index (κ3) is 6.90. The number of nitrogens with zero attached hydrogens (tertiary/aromatic N) is 2. The Morgan fingerprint density at radius 2 is 1.62 bits per heavy atom. The summed E-state index contributed by atoms with van der Waals surface area (Å²) in [5.74, 6) is -0.205. The fraction of sp³-hybridized carbons (Fsp3) is 0.519. The van der Waals surface area contributed by atoms with Gasteiger partial charge in [0, 0.05) is 26.2 Å². The van der Waals surface area contributed by atoms with E-state index in [1.54, 1.807) is 0 Å². The van der Waals surface area contributed by atoms with Crippen LogP contribution in [-0.2, 0) is 34.3 Å². The zero-order valence-electron chi connectivity index (χ0n) is 20.0. The number of sulfonamides is 1. The highest BCUT2D eigenvalue weighted by Crippen LogP contribution is 2.21. The van der Waals surface area contributed by atoms with E-state index in [1.807, 2.05) is 36.4 Å². The molecule has 34 heavy (non-hydrogen) atoms. The summed E-state index contributed by atoms with van der Waals surface area (Å²) in [6.45, 7) is 4.48. The van der Waals surface area contributed by atoms with Gasteiger partial charge in [-0.05, 0) is 68.3 Å². The Labute approximate surface area is 204 Å². The van der Waals surface area contributed by atoms with Crippen LogP contribution < -0.4 is 5.32 Å². The summed E-state index contributed by atoms with van der Waals surface area (Å²) in [6.07, 6.45) is 5.31. The smallest absolute Gasteiger partial charge is 0.224 e. The average molecular weight is 484 g/mol. The third-order valence-electron chi connectivity index (χ3n) is 7.02. The number of piperidine rings is 1. The highest BCUT2D eigenvalue weighted by Gasteiger charge is 2.32. The van der Waals surface area contributed by atoms with Crippen LogP contribution >= 0.6 is 0 Å². The topological polar surface area (TPSA) is 69.7 Å². The molecule has 184 valence electrons. The minimum Gasteiger partial charge on any atom is -0.352 e. The van der Waals surface area contributed by atoms with Crippen LogP contribution in [0.1, 0.15) is 48.8 Å². The van der Waals surface area contributed by atoms with Gasteiger partial charge in [-0.15, -0.1) is 0 Å². The summed E-state index contributed by atoms with van der Waals surface area (Å²) in [5.41, 5.74) is 3.55. The molecular formula is C27H37N3O3S. The SMILES string of the molecule is O=C(NCc1ccccc1CN1CCCC1)[C@H]1CCCN(S(=O)(=O)CCCc2ccccc2)C1. The molecule has 0 unspecified atom stereocenters. The van der Waals surface area contributed by atoms with Crippen LogP contribution in [0.25, 0.3) is 0 Å². The molecule has 2 saturated heterocycles. The zero-order chi connectivity index (χ0) is 23.8. The standard InChI is InChI=1S/C27H37N3O3S/c31-27(28-20-24-13-4-5-14-25(24)21-29-16-6-7-17-29)26-15-8-18-30(22-26)34(32,33)19-9-12-23-10-2-1-3-11-23/h1-5,10-11,13-14,26H,6-9,12,15-22H2,(H,28,31)/t26-/m0/s1. The van der Waals surface area contributed by atoms with Crippen molar-refractivity contribution in [2.24, 2.45) is 5.92 Å². The number of carbonyl (C=O) groups is 1. The molecular weight excluding hydrogens is 446 g/mol. The first-order valence-corrected chi connectivity index (χ1v) is 14.2. The van der Waals surface area contributed by atoms with Gasteiger partial charge in [0.1, 0.15) is 0 Å². The lowest BCUT2D eigenvalue weighted by Crippen LogP contribution is -2.46. The number of hydrogen-bond donors (Lipinski definition) is 1. The maximum atomic E-state index is 13.0. The lowest BCUT2D eigenvalue weighted by Gasteiger charge is -2.31. The van der Waals surface area contributed by atoms with Gasteiger partial charge in [-0.25, -0.2) is 12.7 Å². The van der Waals surface area contributed by atoms with Crippen molar-refractivity contribution in [3.05, 3.63) is 71.3 Å². The van der Waals surface area contributed by atoms with Crippen molar-refractivity contribution >= 4 is 15.9 Å². The van der Waals surface area contributed by atoms with Gasteiger partial charge in [-0.3, -0.25) is 9.69 Å². The van der Waals surface area contributed by atoms with Gasteiger partial charge in [0.15, 0.2) is 0 Å². The van der Waals surface area contributed by atoms with Gasteiger partial charge in [0.25, 0.3) is 0 Å². The minimum atomic E-state index is -3.36. The molecule has 1 N–H and O–H groups in total. The van der Waals surface area contributed by atoms with E-state index in [0.29, 0.717) is 19.5 Å². The molecule has 2 aliphatic rings. The van der Waals surface area contributed by atoms with Crippen molar-refractivity contribution in [2.45, 2.75) is 51.6 Å². The average Bonchev–Trinajstić information content (AvgIpc) is 3.37. The van der Waals surface area contributed by atoms with Gasteiger partial charge < -0.3 is 5.32 Å². The number of aryl methyl sites for hydroxylation is 1. The molecule has 0 aromatic heterocycles. The summed E-state index contributed by atoms with van der Waals surface area (Å²) in [4.78, 5) is 15.4. The van der Waals surface area contributed by atoms with E-state index in [4.69, 9.17) is 0 Å². The Hall–Kier alpha value is -2.22. The van der Waals surface area contributed by atoms with Crippen molar-refractivity contribution < 1.29 is 13.2 Å². The number of amides is 1. The second-order valence-corrected chi connectivity index (χ2v) is 11.7. The lowest BCUT2D eigenvalue weighted by molar-refractivity contribution is -0.126. The summed E-state index contributed by atoms with van der Waals surface area (Å²) in [6, 6.07) is 18.3. The molecule has 0 aliphatic carbocycles. The molecule has 1 atom stereocenters. The minimum absolute atomic E-state index is 0.0415. The molecule has 2 aromatic rings. The second kappa shape index (κ2) is 12.0. The van der Waals surface area contributed by atoms with E-state index in [-0.39, 0.29) is 24.1 Å². The van der Waals surface area contributed by atoms with E-state index in [2.05, 4.69) is 28.4 Å².